The molecule has 0 unspecified atom stereocenters. The molecule has 0 fully saturated rings. The lowest BCUT2D eigenvalue weighted by molar-refractivity contribution is -0.385. The van der Waals surface area contributed by atoms with Crippen molar-refractivity contribution in [3.8, 4) is 0 Å². The normalized spacial score (nSPS) is 12.1. The number of H-pyrrole nitrogens is 1. The summed E-state index contributed by atoms with van der Waals surface area (Å²) < 4.78 is 5.38. The summed E-state index contributed by atoms with van der Waals surface area (Å²) in [6.07, 6.45) is -0.784. The number of thiophene rings is 1. The SMILES string of the molecule is Cc1cc(C(=O)O[C@@H](C)c2nc3sc(C)c(C)c3c(=O)[nH]2)ccc1[N+](=O)[O-]. The molecule has 0 aliphatic carbocycles. The third-order valence-corrected chi connectivity index (χ3v) is 5.46. The van der Waals surface area contributed by atoms with Crippen LogP contribution in [-0.2, 0) is 4.74 Å². The molecular weight excluding hydrogens is 370 g/mol. The molecule has 2 heterocycles. The maximum atomic E-state index is 12.4. The molecule has 0 saturated heterocycles. The average molecular weight is 387 g/mol. The second-order valence-corrected chi connectivity index (χ2v) is 7.42. The van der Waals surface area contributed by atoms with E-state index in [-0.39, 0.29) is 22.6 Å². The third-order valence-electron chi connectivity index (χ3n) is 4.36. The van der Waals surface area contributed by atoms with Gasteiger partial charge >= 0.3 is 5.97 Å². The summed E-state index contributed by atoms with van der Waals surface area (Å²) in [4.78, 5) is 43.8. The van der Waals surface area contributed by atoms with Gasteiger partial charge in [-0.2, -0.15) is 0 Å². The number of nitrogens with one attached hydrogen (secondary N) is 1. The van der Waals surface area contributed by atoms with Crippen molar-refractivity contribution in [1.29, 1.82) is 0 Å². The number of aromatic nitrogens is 2. The van der Waals surface area contributed by atoms with Gasteiger partial charge in [0.15, 0.2) is 11.9 Å². The van der Waals surface area contributed by atoms with Crippen LogP contribution in [0, 0.1) is 30.9 Å². The summed E-state index contributed by atoms with van der Waals surface area (Å²) in [7, 11) is 0. The molecule has 0 aliphatic rings. The van der Waals surface area contributed by atoms with Crippen molar-refractivity contribution < 1.29 is 14.5 Å². The summed E-state index contributed by atoms with van der Waals surface area (Å²) in [6.45, 7) is 6.94. The molecule has 0 radical (unpaired) electrons. The number of benzene rings is 1. The number of carbonyl (C=O) groups excluding carboxylic acids is 1. The lowest BCUT2D eigenvalue weighted by Crippen LogP contribution is -2.17. The van der Waals surface area contributed by atoms with Crippen LogP contribution in [-0.4, -0.2) is 20.9 Å². The van der Waals surface area contributed by atoms with Crippen LogP contribution in [0.25, 0.3) is 10.2 Å². The van der Waals surface area contributed by atoms with Crippen molar-refractivity contribution in [3.05, 3.63) is 66.1 Å². The van der Waals surface area contributed by atoms with Crippen molar-refractivity contribution in [1.82, 2.24) is 9.97 Å². The van der Waals surface area contributed by atoms with E-state index in [9.17, 15) is 19.7 Å². The average Bonchev–Trinajstić information content (AvgIpc) is 2.88. The van der Waals surface area contributed by atoms with Crippen molar-refractivity contribution in [3.63, 3.8) is 0 Å². The first-order valence-electron chi connectivity index (χ1n) is 8.15. The van der Waals surface area contributed by atoms with Crippen LogP contribution in [0.2, 0.25) is 0 Å². The number of rotatable bonds is 4. The first kappa shape index (κ1) is 18.7. The molecular formula is C18H17N3O5S. The van der Waals surface area contributed by atoms with Gasteiger partial charge < -0.3 is 9.72 Å². The van der Waals surface area contributed by atoms with E-state index in [1.54, 1.807) is 13.8 Å². The predicted octanol–water partition coefficient (Wildman–Crippen LogP) is 3.74. The lowest BCUT2D eigenvalue weighted by atomic mass is 10.1. The molecule has 0 bridgehead atoms. The van der Waals surface area contributed by atoms with Crippen LogP contribution in [0.5, 0.6) is 0 Å². The molecule has 27 heavy (non-hydrogen) atoms. The van der Waals surface area contributed by atoms with Crippen LogP contribution in [0.1, 0.15) is 45.2 Å². The molecule has 0 spiro atoms. The van der Waals surface area contributed by atoms with E-state index in [1.165, 1.54) is 29.5 Å². The van der Waals surface area contributed by atoms with Crippen molar-refractivity contribution in [2.75, 3.05) is 0 Å². The van der Waals surface area contributed by atoms with Gasteiger partial charge in [0.25, 0.3) is 11.2 Å². The lowest BCUT2D eigenvalue weighted by Gasteiger charge is -2.13. The van der Waals surface area contributed by atoms with E-state index < -0.39 is 17.0 Å². The van der Waals surface area contributed by atoms with Crippen molar-refractivity contribution in [2.24, 2.45) is 0 Å². The number of ether oxygens (including phenoxy) is 1. The van der Waals surface area contributed by atoms with E-state index in [2.05, 4.69) is 9.97 Å². The highest BCUT2D eigenvalue weighted by atomic mass is 32.1. The molecule has 3 rings (SSSR count). The third kappa shape index (κ3) is 3.45. The number of esters is 1. The summed E-state index contributed by atoms with van der Waals surface area (Å²) in [5, 5.41) is 11.4. The minimum absolute atomic E-state index is 0.0699. The smallest absolute Gasteiger partial charge is 0.338 e. The number of nitro groups is 1. The van der Waals surface area contributed by atoms with E-state index in [1.807, 2.05) is 13.8 Å². The number of aryl methyl sites for hydroxylation is 3. The van der Waals surface area contributed by atoms with Crippen LogP contribution < -0.4 is 5.56 Å². The zero-order valence-corrected chi connectivity index (χ0v) is 16.0. The predicted molar refractivity (Wildman–Crippen MR) is 101 cm³/mol. The summed E-state index contributed by atoms with van der Waals surface area (Å²) in [6, 6.07) is 4.00. The van der Waals surface area contributed by atoms with E-state index >= 15 is 0 Å². The van der Waals surface area contributed by atoms with Crippen molar-refractivity contribution >= 4 is 33.2 Å². The molecule has 140 valence electrons. The number of hydrogen-bond acceptors (Lipinski definition) is 7. The molecule has 1 atom stereocenters. The van der Waals surface area contributed by atoms with Gasteiger partial charge in [-0.15, -0.1) is 11.3 Å². The van der Waals surface area contributed by atoms with Gasteiger partial charge in [-0.25, -0.2) is 9.78 Å². The first-order chi connectivity index (χ1) is 12.7. The molecule has 3 aromatic rings. The number of carbonyl (C=O) groups is 1. The summed E-state index contributed by atoms with van der Waals surface area (Å²) in [5.74, 6) is -0.400. The maximum absolute atomic E-state index is 12.4. The highest BCUT2D eigenvalue weighted by Gasteiger charge is 2.20. The quantitative estimate of drug-likeness (QED) is 0.414. The second-order valence-electron chi connectivity index (χ2n) is 6.22. The molecule has 9 heteroatoms. The Kier molecular flexibility index (Phi) is 4.79. The molecule has 1 N–H and O–H groups in total. The Hall–Kier alpha value is -3.07. The standard InChI is InChI=1S/C18H17N3O5S/c1-8-7-12(5-6-13(8)21(24)25)18(23)26-10(3)15-19-16(22)14-9(2)11(4)27-17(14)20-15/h5-7,10H,1-4H3,(H,19,20,22)/t10-/m0/s1. The number of fused-ring (bicyclic) bond motifs is 1. The van der Waals surface area contributed by atoms with Gasteiger partial charge in [0.05, 0.1) is 15.9 Å². The molecule has 0 saturated carbocycles. The molecule has 0 amide bonds. The minimum atomic E-state index is -0.784. The Morgan fingerprint density at radius 2 is 2.04 bits per heavy atom. The highest BCUT2D eigenvalue weighted by molar-refractivity contribution is 7.18. The Bertz CT molecular complexity index is 1130. The number of aromatic amines is 1. The number of nitro benzene ring substituents is 1. The molecule has 2 aromatic heterocycles. The first-order valence-corrected chi connectivity index (χ1v) is 8.96. The minimum Gasteiger partial charge on any atom is -0.451 e. The van der Waals surface area contributed by atoms with Gasteiger partial charge in [-0.3, -0.25) is 14.9 Å². The molecule has 1 aromatic carbocycles. The topological polar surface area (TPSA) is 115 Å². The number of nitrogens with zero attached hydrogens (tertiary/aromatic N) is 2. The fourth-order valence-electron chi connectivity index (χ4n) is 2.74. The Labute approximate surface area is 158 Å². The summed E-state index contributed by atoms with van der Waals surface area (Å²) in [5.41, 5.74) is 1.10. The fourth-order valence-corrected chi connectivity index (χ4v) is 3.77. The number of hydrogen-bond donors (Lipinski definition) is 1. The second kappa shape index (κ2) is 6.92. The Morgan fingerprint density at radius 1 is 1.33 bits per heavy atom. The van der Waals surface area contributed by atoms with E-state index in [4.69, 9.17) is 4.74 Å². The fraction of sp³-hybridized carbons (Fsp3) is 0.278. The highest BCUT2D eigenvalue weighted by Crippen LogP contribution is 2.27. The maximum Gasteiger partial charge on any atom is 0.338 e. The van der Waals surface area contributed by atoms with E-state index in [0.29, 0.717) is 15.8 Å². The van der Waals surface area contributed by atoms with Crippen LogP contribution in [0.15, 0.2) is 23.0 Å². The molecule has 0 aliphatic heterocycles. The van der Waals surface area contributed by atoms with Gasteiger partial charge in [0.1, 0.15) is 4.83 Å². The van der Waals surface area contributed by atoms with E-state index in [0.717, 1.165) is 10.4 Å². The van der Waals surface area contributed by atoms with Gasteiger partial charge in [-0.05, 0) is 45.4 Å². The summed E-state index contributed by atoms with van der Waals surface area (Å²) >= 11 is 1.41. The zero-order valence-electron chi connectivity index (χ0n) is 15.2. The Balaban J connectivity index is 1.87. The zero-order chi connectivity index (χ0) is 19.9. The van der Waals surface area contributed by atoms with Gasteiger partial charge in [0.2, 0.25) is 0 Å². The van der Waals surface area contributed by atoms with Crippen LogP contribution in [0.4, 0.5) is 5.69 Å². The van der Waals surface area contributed by atoms with Crippen LogP contribution in [0.3, 0.4) is 0 Å². The van der Waals surface area contributed by atoms with Gasteiger partial charge in [0, 0.05) is 16.5 Å². The largest absolute Gasteiger partial charge is 0.451 e. The molecule has 8 nitrogen and oxygen atoms in total. The van der Waals surface area contributed by atoms with Crippen LogP contribution >= 0.6 is 11.3 Å². The van der Waals surface area contributed by atoms with Crippen molar-refractivity contribution in [2.45, 2.75) is 33.8 Å². The van der Waals surface area contributed by atoms with Gasteiger partial charge in [-0.1, -0.05) is 0 Å². The monoisotopic (exact) mass is 387 g/mol. The Morgan fingerprint density at radius 3 is 2.67 bits per heavy atom.